The molecule has 1 heterocycles. The number of carboxylic acid groups (broad SMARTS) is 1. The number of aromatic nitrogens is 4. The number of aliphatic carboxylic acids is 1. The Kier molecular flexibility index (Phi) is 3.39. The lowest BCUT2D eigenvalue weighted by atomic mass is 10.1. The molecule has 0 spiro atoms. The van der Waals surface area contributed by atoms with Crippen LogP contribution in [0.3, 0.4) is 0 Å². The van der Waals surface area contributed by atoms with Crippen LogP contribution in [0, 0.1) is 5.82 Å². The first-order valence-corrected chi connectivity index (χ1v) is 5.74. The molecule has 1 aromatic heterocycles. The minimum atomic E-state index is -1.33. The van der Waals surface area contributed by atoms with Crippen molar-refractivity contribution >= 4 is 5.97 Å². The molecule has 1 aromatic carbocycles. The highest BCUT2D eigenvalue weighted by atomic mass is 19.1. The van der Waals surface area contributed by atoms with Gasteiger partial charge in [0.15, 0.2) is 22.9 Å². The van der Waals surface area contributed by atoms with Gasteiger partial charge in [0.25, 0.3) is 0 Å². The van der Waals surface area contributed by atoms with Crippen LogP contribution in [0.15, 0.2) is 18.2 Å². The molecular formula is C12H13FN4O3. The molecule has 0 saturated heterocycles. The van der Waals surface area contributed by atoms with Gasteiger partial charge in [0.2, 0.25) is 0 Å². The van der Waals surface area contributed by atoms with Gasteiger partial charge in [0, 0.05) is 5.56 Å². The predicted octanol–water partition coefficient (Wildman–Crippen LogP) is 1.31. The zero-order chi connectivity index (χ0) is 14.9. The number of tetrazole rings is 1. The molecule has 8 heteroatoms. The molecular weight excluding hydrogens is 267 g/mol. The highest BCUT2D eigenvalue weighted by Gasteiger charge is 2.34. The zero-order valence-corrected chi connectivity index (χ0v) is 11.2. The van der Waals surface area contributed by atoms with Crippen LogP contribution < -0.4 is 4.74 Å². The molecule has 106 valence electrons. The average molecular weight is 280 g/mol. The number of carboxylic acids is 1. The number of hydrogen-bond donors (Lipinski definition) is 1. The van der Waals surface area contributed by atoms with Gasteiger partial charge in [-0.25, -0.2) is 13.9 Å². The second-order valence-electron chi connectivity index (χ2n) is 4.63. The standard InChI is InChI=1S/C12H13FN4O3/c1-12(2,11(18)19)17-10(14-15-16-17)7-4-5-8(13)9(6-7)20-3/h4-6H,1-3H3,(H,18,19). The minimum Gasteiger partial charge on any atom is -0.494 e. The van der Waals surface area contributed by atoms with Crippen LogP contribution in [0.5, 0.6) is 5.75 Å². The third-order valence-electron chi connectivity index (χ3n) is 2.93. The summed E-state index contributed by atoms with van der Waals surface area (Å²) in [5, 5.41) is 20.2. The monoisotopic (exact) mass is 280 g/mol. The molecule has 0 radical (unpaired) electrons. The maximum Gasteiger partial charge on any atom is 0.331 e. The molecule has 20 heavy (non-hydrogen) atoms. The third kappa shape index (κ3) is 2.20. The first kappa shape index (κ1) is 13.9. The molecule has 0 aliphatic carbocycles. The van der Waals surface area contributed by atoms with E-state index >= 15 is 0 Å². The van der Waals surface area contributed by atoms with Crippen LogP contribution in [-0.2, 0) is 10.3 Å². The van der Waals surface area contributed by atoms with Crippen LogP contribution in [0.2, 0.25) is 0 Å². The number of ether oxygens (including phenoxy) is 1. The van der Waals surface area contributed by atoms with Crippen molar-refractivity contribution in [2.45, 2.75) is 19.4 Å². The largest absolute Gasteiger partial charge is 0.494 e. The van der Waals surface area contributed by atoms with Gasteiger partial charge in [-0.05, 0) is 42.5 Å². The van der Waals surface area contributed by atoms with E-state index in [0.29, 0.717) is 5.56 Å². The molecule has 0 unspecified atom stereocenters. The van der Waals surface area contributed by atoms with E-state index < -0.39 is 17.3 Å². The molecule has 0 saturated carbocycles. The Morgan fingerprint density at radius 2 is 2.15 bits per heavy atom. The van der Waals surface area contributed by atoms with Crippen molar-refractivity contribution in [3.63, 3.8) is 0 Å². The van der Waals surface area contributed by atoms with Crippen molar-refractivity contribution in [3.05, 3.63) is 24.0 Å². The summed E-state index contributed by atoms with van der Waals surface area (Å²) in [7, 11) is 1.34. The fourth-order valence-corrected chi connectivity index (χ4v) is 1.63. The summed E-state index contributed by atoms with van der Waals surface area (Å²) in [5.74, 6) is -1.35. The molecule has 0 fully saturated rings. The Hall–Kier alpha value is -2.51. The lowest BCUT2D eigenvalue weighted by molar-refractivity contribution is -0.146. The van der Waals surface area contributed by atoms with Crippen molar-refractivity contribution in [2.75, 3.05) is 7.11 Å². The number of nitrogens with zero attached hydrogens (tertiary/aromatic N) is 4. The van der Waals surface area contributed by atoms with Crippen molar-refractivity contribution < 1.29 is 19.0 Å². The first-order valence-electron chi connectivity index (χ1n) is 5.74. The maximum atomic E-state index is 13.4. The second kappa shape index (κ2) is 4.87. The fourth-order valence-electron chi connectivity index (χ4n) is 1.63. The summed E-state index contributed by atoms with van der Waals surface area (Å²) in [6.07, 6.45) is 0. The number of benzene rings is 1. The van der Waals surface area contributed by atoms with E-state index in [1.807, 2.05) is 0 Å². The zero-order valence-electron chi connectivity index (χ0n) is 11.2. The van der Waals surface area contributed by atoms with E-state index in [1.54, 1.807) is 0 Å². The number of carbonyl (C=O) groups is 1. The summed E-state index contributed by atoms with van der Waals surface area (Å²) in [6.45, 7) is 2.94. The number of hydrogen-bond acceptors (Lipinski definition) is 5. The van der Waals surface area contributed by atoms with Crippen molar-refractivity contribution in [1.82, 2.24) is 20.2 Å². The summed E-state index contributed by atoms with van der Waals surface area (Å²) in [4.78, 5) is 11.3. The molecule has 0 atom stereocenters. The molecule has 7 nitrogen and oxygen atoms in total. The Bertz CT molecular complexity index is 654. The van der Waals surface area contributed by atoms with E-state index in [2.05, 4.69) is 15.5 Å². The molecule has 0 amide bonds. The van der Waals surface area contributed by atoms with Gasteiger partial charge in [0.1, 0.15) is 0 Å². The summed E-state index contributed by atoms with van der Waals surface area (Å²) in [5.41, 5.74) is -0.872. The maximum absolute atomic E-state index is 13.4. The van der Waals surface area contributed by atoms with E-state index in [0.717, 1.165) is 0 Å². The lowest BCUT2D eigenvalue weighted by Crippen LogP contribution is -2.37. The Morgan fingerprint density at radius 1 is 1.45 bits per heavy atom. The minimum absolute atomic E-state index is 0.0326. The summed E-state index contributed by atoms with van der Waals surface area (Å²) in [6, 6.07) is 4.08. The predicted molar refractivity (Wildman–Crippen MR) is 66.7 cm³/mol. The molecule has 0 aliphatic rings. The quantitative estimate of drug-likeness (QED) is 0.908. The number of rotatable bonds is 4. The SMILES string of the molecule is COc1cc(-c2nnnn2C(C)(C)C(=O)O)ccc1F. The average Bonchev–Trinajstić information content (AvgIpc) is 2.89. The third-order valence-corrected chi connectivity index (χ3v) is 2.93. The molecule has 0 bridgehead atoms. The Morgan fingerprint density at radius 3 is 2.75 bits per heavy atom. The number of methoxy groups -OCH3 is 1. The van der Waals surface area contributed by atoms with Crippen molar-refractivity contribution in [1.29, 1.82) is 0 Å². The van der Waals surface area contributed by atoms with Crippen molar-refractivity contribution in [2.24, 2.45) is 0 Å². The van der Waals surface area contributed by atoms with Crippen molar-refractivity contribution in [3.8, 4) is 17.1 Å². The van der Waals surface area contributed by atoms with E-state index in [9.17, 15) is 14.3 Å². The first-order chi connectivity index (χ1) is 9.37. The molecule has 1 N–H and O–H groups in total. The Balaban J connectivity index is 2.56. The van der Waals surface area contributed by atoms with Gasteiger partial charge in [-0.3, -0.25) is 0 Å². The highest BCUT2D eigenvalue weighted by Crippen LogP contribution is 2.27. The van der Waals surface area contributed by atoms with Gasteiger partial charge in [-0.2, -0.15) is 0 Å². The van der Waals surface area contributed by atoms with E-state index in [-0.39, 0.29) is 11.6 Å². The van der Waals surface area contributed by atoms with Crippen LogP contribution >= 0.6 is 0 Å². The smallest absolute Gasteiger partial charge is 0.331 e. The number of halogens is 1. The summed E-state index contributed by atoms with van der Waals surface area (Å²) < 4.78 is 19.5. The van der Waals surface area contributed by atoms with E-state index in [1.165, 1.54) is 43.8 Å². The molecule has 2 rings (SSSR count). The van der Waals surface area contributed by atoms with Crippen LogP contribution in [-0.4, -0.2) is 38.4 Å². The van der Waals surface area contributed by atoms with Crippen LogP contribution in [0.1, 0.15) is 13.8 Å². The normalized spacial score (nSPS) is 11.4. The van der Waals surface area contributed by atoms with Crippen LogP contribution in [0.4, 0.5) is 4.39 Å². The van der Waals surface area contributed by atoms with Gasteiger partial charge in [-0.1, -0.05) is 0 Å². The Labute approximate surface area is 114 Å². The van der Waals surface area contributed by atoms with E-state index in [4.69, 9.17) is 4.74 Å². The topological polar surface area (TPSA) is 90.1 Å². The van der Waals surface area contributed by atoms with Gasteiger partial charge < -0.3 is 9.84 Å². The summed E-state index contributed by atoms with van der Waals surface area (Å²) >= 11 is 0. The van der Waals surface area contributed by atoms with Gasteiger partial charge in [-0.15, -0.1) is 5.10 Å². The second-order valence-corrected chi connectivity index (χ2v) is 4.63. The van der Waals surface area contributed by atoms with Crippen LogP contribution in [0.25, 0.3) is 11.4 Å². The highest BCUT2D eigenvalue weighted by molar-refractivity contribution is 5.76. The molecule has 2 aromatic rings. The molecule has 0 aliphatic heterocycles. The van der Waals surface area contributed by atoms with Gasteiger partial charge in [0.05, 0.1) is 7.11 Å². The fraction of sp³-hybridized carbons (Fsp3) is 0.333. The van der Waals surface area contributed by atoms with Gasteiger partial charge >= 0.3 is 5.97 Å². The lowest BCUT2D eigenvalue weighted by Gasteiger charge is -2.20.